The van der Waals surface area contributed by atoms with Crippen molar-refractivity contribution < 1.29 is 18.7 Å². The van der Waals surface area contributed by atoms with Crippen LogP contribution in [0.1, 0.15) is 29.2 Å². The number of carbonyl (C=O) groups is 1. The number of carbonyl (C=O) groups excluding carboxylic acids is 1. The molecule has 8 heteroatoms. The summed E-state index contributed by atoms with van der Waals surface area (Å²) >= 11 is 0. The molecule has 2 heterocycles. The van der Waals surface area contributed by atoms with Crippen molar-refractivity contribution in [1.82, 2.24) is 9.91 Å². The van der Waals surface area contributed by atoms with E-state index < -0.39 is 0 Å². The maximum atomic E-state index is 14.3. The Labute approximate surface area is 223 Å². The van der Waals surface area contributed by atoms with E-state index in [1.54, 1.807) is 31.4 Å². The van der Waals surface area contributed by atoms with Gasteiger partial charge >= 0.3 is 0 Å². The lowest BCUT2D eigenvalue weighted by Gasteiger charge is -2.36. The van der Waals surface area contributed by atoms with Gasteiger partial charge in [0.15, 0.2) is 0 Å². The van der Waals surface area contributed by atoms with Crippen molar-refractivity contribution in [1.29, 1.82) is 0 Å². The van der Waals surface area contributed by atoms with Gasteiger partial charge in [-0.05, 0) is 36.8 Å². The van der Waals surface area contributed by atoms with Gasteiger partial charge in [-0.2, -0.15) is 5.10 Å². The molecule has 0 bridgehead atoms. The van der Waals surface area contributed by atoms with Crippen molar-refractivity contribution in [3.8, 4) is 11.5 Å². The quantitative estimate of drug-likeness (QED) is 0.458. The number of nitrogens with zero attached hydrogens (tertiary/aromatic N) is 4. The number of hydrogen-bond donors (Lipinski definition) is 0. The molecule has 1 fully saturated rings. The van der Waals surface area contributed by atoms with Crippen LogP contribution in [-0.4, -0.2) is 68.5 Å². The minimum atomic E-state index is -0.293. The fourth-order valence-electron chi connectivity index (χ4n) is 5.19. The molecule has 7 nitrogen and oxygen atoms in total. The summed E-state index contributed by atoms with van der Waals surface area (Å²) in [5.74, 6) is 1.05. The van der Waals surface area contributed by atoms with Crippen LogP contribution < -0.4 is 14.4 Å². The zero-order valence-electron chi connectivity index (χ0n) is 22.1. The average Bonchev–Trinajstić information content (AvgIpc) is 3.39. The van der Waals surface area contributed by atoms with Crippen molar-refractivity contribution in [2.75, 3.05) is 51.8 Å². The number of amides is 1. The lowest BCUT2D eigenvalue weighted by Crippen LogP contribution is -2.49. The van der Waals surface area contributed by atoms with E-state index in [0.29, 0.717) is 49.8 Å². The number of aryl methyl sites for hydroxylation is 1. The third-order valence-electron chi connectivity index (χ3n) is 7.24. The molecule has 2 aliphatic heterocycles. The maximum Gasteiger partial charge on any atom is 0.257 e. The van der Waals surface area contributed by atoms with Crippen LogP contribution in [0, 0.1) is 12.7 Å². The van der Waals surface area contributed by atoms with Crippen molar-refractivity contribution in [2.45, 2.75) is 19.4 Å². The molecule has 5 rings (SSSR count). The van der Waals surface area contributed by atoms with Gasteiger partial charge in [-0.1, -0.05) is 42.0 Å². The van der Waals surface area contributed by atoms with Crippen LogP contribution in [0.2, 0.25) is 0 Å². The number of ether oxygens (including phenoxy) is 2. The van der Waals surface area contributed by atoms with E-state index in [1.165, 1.54) is 6.07 Å². The van der Waals surface area contributed by atoms with Crippen LogP contribution in [0.4, 0.5) is 10.1 Å². The topological polar surface area (TPSA) is 57.6 Å². The summed E-state index contributed by atoms with van der Waals surface area (Å²) in [7, 11) is 3.24. The smallest absolute Gasteiger partial charge is 0.257 e. The molecule has 0 radical (unpaired) electrons. The van der Waals surface area contributed by atoms with Crippen LogP contribution in [0.25, 0.3) is 0 Å². The van der Waals surface area contributed by atoms with E-state index in [0.717, 1.165) is 22.4 Å². The fraction of sp³-hybridized carbons (Fsp3) is 0.333. The Morgan fingerprint density at radius 1 is 0.974 bits per heavy atom. The van der Waals surface area contributed by atoms with Crippen LogP contribution in [-0.2, 0) is 4.79 Å². The molecule has 1 amide bonds. The minimum absolute atomic E-state index is 0.0742. The number of rotatable bonds is 7. The van der Waals surface area contributed by atoms with Gasteiger partial charge in [-0.15, -0.1) is 0 Å². The molecule has 3 aromatic rings. The molecule has 0 saturated carbocycles. The lowest BCUT2D eigenvalue weighted by molar-refractivity contribution is -0.134. The highest BCUT2D eigenvalue weighted by atomic mass is 19.1. The summed E-state index contributed by atoms with van der Waals surface area (Å²) in [5, 5.41) is 6.46. The Kier molecular flexibility index (Phi) is 7.60. The summed E-state index contributed by atoms with van der Waals surface area (Å²) < 4.78 is 25.3. The zero-order valence-corrected chi connectivity index (χ0v) is 22.1. The molecule has 198 valence electrons. The van der Waals surface area contributed by atoms with Crippen LogP contribution in [0.3, 0.4) is 0 Å². The van der Waals surface area contributed by atoms with Crippen LogP contribution >= 0.6 is 0 Å². The third-order valence-corrected chi connectivity index (χ3v) is 7.24. The van der Waals surface area contributed by atoms with Crippen LogP contribution in [0.15, 0.2) is 71.8 Å². The summed E-state index contributed by atoms with van der Waals surface area (Å²) in [5.41, 5.74) is 4.52. The second-order valence-electron chi connectivity index (χ2n) is 9.70. The summed E-state index contributed by atoms with van der Waals surface area (Å²) in [6.07, 6.45) is 0.582. The van der Waals surface area contributed by atoms with E-state index in [2.05, 4.69) is 11.0 Å². The van der Waals surface area contributed by atoms with E-state index in [4.69, 9.17) is 14.6 Å². The van der Waals surface area contributed by atoms with Crippen molar-refractivity contribution in [3.05, 3.63) is 89.2 Å². The van der Waals surface area contributed by atoms with Gasteiger partial charge in [0.05, 0.1) is 38.2 Å². The van der Waals surface area contributed by atoms with E-state index in [-0.39, 0.29) is 24.3 Å². The standard InChI is InChI=1S/C30H33FN4O3/c1-21-7-6-8-22(17-21)26-19-28(24-12-11-23(37-2)18-29(24)38-3)35(32-26)30(36)20-33-13-15-34(16-14-33)27-10-5-4-9-25(27)31/h4-12,17-18,28H,13-16,19-20H2,1-3H3/t28-/m1/s1. The van der Waals surface area contributed by atoms with E-state index in [1.807, 2.05) is 54.3 Å². The molecule has 1 atom stereocenters. The first kappa shape index (κ1) is 25.7. The molecule has 0 aromatic heterocycles. The van der Waals surface area contributed by atoms with Crippen molar-refractivity contribution in [2.24, 2.45) is 5.10 Å². The Morgan fingerprint density at radius 3 is 2.47 bits per heavy atom. The van der Waals surface area contributed by atoms with E-state index in [9.17, 15) is 9.18 Å². The van der Waals surface area contributed by atoms with Gasteiger partial charge in [0, 0.05) is 44.2 Å². The zero-order chi connectivity index (χ0) is 26.6. The first-order valence-electron chi connectivity index (χ1n) is 12.9. The Balaban J connectivity index is 1.36. The molecule has 38 heavy (non-hydrogen) atoms. The molecule has 3 aromatic carbocycles. The number of piperazine rings is 1. The Morgan fingerprint density at radius 2 is 1.76 bits per heavy atom. The van der Waals surface area contributed by atoms with Gasteiger partial charge in [-0.25, -0.2) is 9.40 Å². The molecule has 0 spiro atoms. The highest BCUT2D eigenvalue weighted by Gasteiger charge is 2.36. The number of para-hydroxylation sites is 1. The summed E-state index contributed by atoms with van der Waals surface area (Å²) in [6.45, 7) is 4.93. The van der Waals surface area contributed by atoms with Gasteiger partial charge in [0.25, 0.3) is 5.91 Å². The highest BCUT2D eigenvalue weighted by molar-refractivity contribution is 6.03. The number of halogens is 1. The molecule has 2 aliphatic rings. The van der Waals surface area contributed by atoms with Gasteiger partial charge < -0.3 is 14.4 Å². The summed E-state index contributed by atoms with van der Waals surface area (Å²) in [4.78, 5) is 17.9. The number of benzene rings is 3. The molecular weight excluding hydrogens is 483 g/mol. The van der Waals surface area contributed by atoms with Gasteiger partial charge in [0.2, 0.25) is 0 Å². The highest BCUT2D eigenvalue weighted by Crippen LogP contribution is 2.39. The van der Waals surface area contributed by atoms with Gasteiger partial charge in [-0.3, -0.25) is 9.69 Å². The molecule has 0 aliphatic carbocycles. The van der Waals surface area contributed by atoms with E-state index >= 15 is 0 Å². The predicted molar refractivity (Wildman–Crippen MR) is 147 cm³/mol. The third kappa shape index (κ3) is 5.36. The second kappa shape index (κ2) is 11.2. The van der Waals surface area contributed by atoms with Crippen molar-refractivity contribution in [3.63, 3.8) is 0 Å². The first-order valence-corrected chi connectivity index (χ1v) is 12.9. The monoisotopic (exact) mass is 516 g/mol. The second-order valence-corrected chi connectivity index (χ2v) is 9.70. The normalized spacial score (nSPS) is 17.9. The Hall–Kier alpha value is -3.91. The molecular formula is C30H33FN4O3. The van der Waals surface area contributed by atoms with Crippen molar-refractivity contribution >= 4 is 17.3 Å². The molecule has 0 N–H and O–H groups in total. The first-order chi connectivity index (χ1) is 18.5. The molecule has 1 saturated heterocycles. The molecule has 0 unspecified atom stereocenters. The largest absolute Gasteiger partial charge is 0.497 e. The van der Waals surface area contributed by atoms with Crippen LogP contribution in [0.5, 0.6) is 11.5 Å². The number of hydrazone groups is 1. The SMILES string of the molecule is COc1ccc([C@H]2CC(c3cccc(C)c3)=NN2C(=O)CN2CCN(c3ccccc3F)CC2)c(OC)c1. The number of methoxy groups -OCH3 is 2. The lowest BCUT2D eigenvalue weighted by atomic mass is 9.97. The number of anilines is 1. The fourth-order valence-corrected chi connectivity index (χ4v) is 5.19. The van der Waals surface area contributed by atoms with Gasteiger partial charge in [0.1, 0.15) is 17.3 Å². The predicted octanol–water partition coefficient (Wildman–Crippen LogP) is 4.65. The Bertz CT molecular complexity index is 1340. The minimum Gasteiger partial charge on any atom is -0.497 e. The average molecular weight is 517 g/mol. The summed E-state index contributed by atoms with van der Waals surface area (Å²) in [6, 6.07) is 20.4. The number of hydrogen-bond acceptors (Lipinski definition) is 6. The maximum absolute atomic E-state index is 14.3.